The predicted octanol–water partition coefficient (Wildman–Crippen LogP) is 5.04. The quantitative estimate of drug-likeness (QED) is 0.438. The van der Waals surface area contributed by atoms with Gasteiger partial charge in [-0.15, -0.1) is 0 Å². The summed E-state index contributed by atoms with van der Waals surface area (Å²) in [4.78, 5) is 12.0. The van der Waals surface area contributed by atoms with Crippen LogP contribution in [0.4, 0.5) is 0 Å². The van der Waals surface area contributed by atoms with Crippen LogP contribution in [0.2, 0.25) is 10.0 Å². The molecule has 1 amide bonds. The molecule has 0 unspecified atom stereocenters. The predicted molar refractivity (Wildman–Crippen MR) is 110 cm³/mol. The molecule has 0 aliphatic carbocycles. The molecular formula is C21H16Cl2N2O3. The summed E-state index contributed by atoms with van der Waals surface area (Å²) in [6.07, 6.45) is 1.48. The molecule has 0 radical (unpaired) electrons. The maximum atomic E-state index is 12.0. The molecular weight excluding hydrogens is 399 g/mol. The van der Waals surface area contributed by atoms with Crippen molar-refractivity contribution >= 4 is 35.3 Å². The lowest BCUT2D eigenvalue weighted by atomic mass is 10.2. The number of para-hydroxylation sites is 1. The highest BCUT2D eigenvalue weighted by molar-refractivity contribution is 6.35. The highest BCUT2D eigenvalue weighted by Gasteiger charge is 2.09. The topological polar surface area (TPSA) is 70.9 Å². The Balaban J connectivity index is 1.62. The molecule has 142 valence electrons. The second kappa shape index (κ2) is 9.26. The Morgan fingerprint density at radius 1 is 1.04 bits per heavy atom. The van der Waals surface area contributed by atoms with Crippen LogP contribution in [0.3, 0.4) is 0 Å². The summed E-state index contributed by atoms with van der Waals surface area (Å²) in [5.41, 5.74) is 3.95. The molecule has 3 aromatic carbocycles. The number of rotatable bonds is 6. The molecule has 0 atom stereocenters. The maximum Gasteiger partial charge on any atom is 0.275 e. The number of ether oxygens (including phenoxy) is 1. The minimum atomic E-state index is -0.505. The third kappa shape index (κ3) is 5.03. The normalized spacial score (nSPS) is 10.8. The Bertz CT molecular complexity index is 1000. The van der Waals surface area contributed by atoms with Gasteiger partial charge >= 0.3 is 0 Å². The van der Waals surface area contributed by atoms with E-state index in [1.807, 2.05) is 6.07 Å². The van der Waals surface area contributed by atoms with E-state index in [0.717, 1.165) is 5.56 Å². The third-order valence-electron chi connectivity index (χ3n) is 3.83. The van der Waals surface area contributed by atoms with Crippen molar-refractivity contribution in [3.8, 4) is 11.5 Å². The number of nitrogens with zero attached hydrogens (tertiary/aromatic N) is 1. The summed E-state index contributed by atoms with van der Waals surface area (Å²) in [7, 11) is 0. The number of amides is 1. The fraction of sp³-hybridized carbons (Fsp3) is 0.0476. The molecule has 0 heterocycles. The Morgan fingerprint density at radius 3 is 2.50 bits per heavy atom. The Hall–Kier alpha value is -3.02. The van der Waals surface area contributed by atoms with Gasteiger partial charge in [0.15, 0.2) is 0 Å². The SMILES string of the molecule is O=C(N/N=C/c1cccc(OCc2c(Cl)cccc2Cl)c1)c1ccccc1O. The van der Waals surface area contributed by atoms with Crippen LogP contribution in [-0.2, 0) is 6.61 Å². The molecule has 0 saturated carbocycles. The smallest absolute Gasteiger partial charge is 0.275 e. The first-order valence-electron chi connectivity index (χ1n) is 8.32. The van der Waals surface area contributed by atoms with E-state index in [9.17, 15) is 9.90 Å². The molecule has 5 nitrogen and oxygen atoms in total. The van der Waals surface area contributed by atoms with Gasteiger partial charge in [0.25, 0.3) is 5.91 Å². The van der Waals surface area contributed by atoms with Crippen molar-refractivity contribution < 1.29 is 14.6 Å². The highest BCUT2D eigenvalue weighted by Crippen LogP contribution is 2.26. The van der Waals surface area contributed by atoms with E-state index in [1.165, 1.54) is 18.3 Å². The van der Waals surface area contributed by atoms with Gasteiger partial charge in [-0.3, -0.25) is 4.79 Å². The summed E-state index contributed by atoms with van der Waals surface area (Å²) in [6.45, 7) is 0.225. The Morgan fingerprint density at radius 2 is 1.75 bits per heavy atom. The van der Waals surface area contributed by atoms with E-state index < -0.39 is 5.91 Å². The Labute approximate surface area is 172 Å². The lowest BCUT2D eigenvalue weighted by Crippen LogP contribution is -2.17. The van der Waals surface area contributed by atoms with Crippen LogP contribution in [0.1, 0.15) is 21.5 Å². The zero-order chi connectivity index (χ0) is 19.9. The van der Waals surface area contributed by atoms with Crippen molar-refractivity contribution in [2.75, 3.05) is 0 Å². The van der Waals surface area contributed by atoms with Crippen molar-refractivity contribution in [3.63, 3.8) is 0 Å². The average molecular weight is 415 g/mol. The minimum Gasteiger partial charge on any atom is -0.507 e. The molecule has 0 aliphatic rings. The standard InChI is InChI=1S/C21H16Cl2N2O3/c22-18-8-4-9-19(23)17(18)13-28-15-6-3-5-14(11-15)12-24-25-21(27)16-7-1-2-10-20(16)26/h1-12,26H,13H2,(H,25,27)/b24-12+. The molecule has 28 heavy (non-hydrogen) atoms. The first-order chi connectivity index (χ1) is 13.5. The molecule has 7 heteroatoms. The molecule has 3 rings (SSSR count). The molecule has 0 aromatic heterocycles. The summed E-state index contributed by atoms with van der Waals surface area (Å²) >= 11 is 12.3. The van der Waals surface area contributed by atoms with Gasteiger partial charge in [-0.1, -0.05) is 53.5 Å². The second-order valence-electron chi connectivity index (χ2n) is 5.78. The van der Waals surface area contributed by atoms with Gasteiger partial charge in [-0.05, 0) is 42.0 Å². The van der Waals surface area contributed by atoms with Crippen LogP contribution >= 0.6 is 23.2 Å². The number of phenols is 1. The van der Waals surface area contributed by atoms with E-state index in [2.05, 4.69) is 10.5 Å². The molecule has 0 spiro atoms. The number of halogens is 2. The van der Waals surface area contributed by atoms with Gasteiger partial charge in [-0.2, -0.15) is 5.10 Å². The number of hydrazone groups is 1. The first-order valence-corrected chi connectivity index (χ1v) is 9.07. The van der Waals surface area contributed by atoms with Crippen LogP contribution in [0, 0.1) is 0 Å². The van der Waals surface area contributed by atoms with Gasteiger partial charge in [0.2, 0.25) is 0 Å². The molecule has 3 aromatic rings. The van der Waals surface area contributed by atoms with Crippen LogP contribution in [0.15, 0.2) is 71.8 Å². The number of aromatic hydroxyl groups is 1. The zero-order valence-corrected chi connectivity index (χ0v) is 16.1. The molecule has 0 bridgehead atoms. The van der Waals surface area contributed by atoms with Crippen LogP contribution in [-0.4, -0.2) is 17.2 Å². The summed E-state index contributed by atoms with van der Waals surface area (Å²) in [5.74, 6) is -0.00841. The lowest BCUT2D eigenvalue weighted by Gasteiger charge is -2.09. The number of phenolic OH excluding ortho intramolecular Hbond substituents is 1. The number of nitrogens with one attached hydrogen (secondary N) is 1. The van der Waals surface area contributed by atoms with Crippen LogP contribution in [0.5, 0.6) is 11.5 Å². The number of benzene rings is 3. The zero-order valence-electron chi connectivity index (χ0n) is 14.6. The fourth-order valence-electron chi connectivity index (χ4n) is 2.40. The number of hydrogen-bond acceptors (Lipinski definition) is 4. The van der Waals surface area contributed by atoms with Crippen LogP contribution < -0.4 is 10.2 Å². The van der Waals surface area contributed by atoms with Crippen LogP contribution in [0.25, 0.3) is 0 Å². The molecule has 0 fully saturated rings. The van der Waals surface area contributed by atoms with E-state index in [1.54, 1.807) is 48.5 Å². The van der Waals surface area contributed by atoms with Crippen molar-refractivity contribution in [1.29, 1.82) is 0 Å². The van der Waals surface area contributed by atoms with Gasteiger partial charge < -0.3 is 9.84 Å². The molecule has 0 saturated heterocycles. The lowest BCUT2D eigenvalue weighted by molar-refractivity contribution is 0.0952. The summed E-state index contributed by atoms with van der Waals surface area (Å²) in [5, 5.41) is 14.7. The van der Waals surface area contributed by atoms with Crippen molar-refractivity contribution in [2.45, 2.75) is 6.61 Å². The molecule has 2 N–H and O–H groups in total. The minimum absolute atomic E-state index is 0.108. The summed E-state index contributed by atoms with van der Waals surface area (Å²) in [6, 6.07) is 18.7. The number of carbonyl (C=O) groups is 1. The average Bonchev–Trinajstić information content (AvgIpc) is 2.68. The Kier molecular flexibility index (Phi) is 6.53. The van der Waals surface area contributed by atoms with Gasteiger partial charge in [-0.25, -0.2) is 5.43 Å². The van der Waals surface area contributed by atoms with Gasteiger partial charge in [0.05, 0.1) is 11.8 Å². The molecule has 0 aliphatic heterocycles. The number of carbonyl (C=O) groups excluding carboxylic acids is 1. The largest absolute Gasteiger partial charge is 0.507 e. The van der Waals surface area contributed by atoms with Crippen molar-refractivity contribution in [1.82, 2.24) is 5.43 Å². The third-order valence-corrected chi connectivity index (χ3v) is 4.54. The summed E-state index contributed by atoms with van der Waals surface area (Å²) < 4.78 is 5.76. The van der Waals surface area contributed by atoms with E-state index >= 15 is 0 Å². The number of hydrogen-bond donors (Lipinski definition) is 2. The monoisotopic (exact) mass is 414 g/mol. The van der Waals surface area contributed by atoms with E-state index in [4.69, 9.17) is 27.9 Å². The highest BCUT2D eigenvalue weighted by atomic mass is 35.5. The van der Waals surface area contributed by atoms with E-state index in [-0.39, 0.29) is 17.9 Å². The van der Waals surface area contributed by atoms with Gasteiger partial charge in [0, 0.05) is 15.6 Å². The van der Waals surface area contributed by atoms with E-state index in [0.29, 0.717) is 21.4 Å². The second-order valence-corrected chi connectivity index (χ2v) is 6.59. The first kappa shape index (κ1) is 19.7. The fourth-order valence-corrected chi connectivity index (χ4v) is 2.91. The van der Waals surface area contributed by atoms with Crippen molar-refractivity contribution in [3.05, 3.63) is 93.5 Å². The van der Waals surface area contributed by atoms with Crippen molar-refractivity contribution in [2.24, 2.45) is 5.10 Å². The maximum absolute atomic E-state index is 12.0. The van der Waals surface area contributed by atoms with Gasteiger partial charge in [0.1, 0.15) is 18.1 Å².